The van der Waals surface area contributed by atoms with Gasteiger partial charge in [-0.05, 0) is 36.1 Å². The molecule has 0 spiro atoms. The summed E-state index contributed by atoms with van der Waals surface area (Å²) in [5, 5.41) is 12.0. The minimum absolute atomic E-state index is 0.503. The topological polar surface area (TPSA) is 42.2 Å². The third-order valence-electron chi connectivity index (χ3n) is 3.98. The van der Waals surface area contributed by atoms with Gasteiger partial charge in [0, 0.05) is 12.2 Å². The minimum atomic E-state index is 0.503. The minimum Gasteiger partial charge on any atom is -0.306 e. The highest BCUT2D eigenvalue weighted by Crippen LogP contribution is 2.21. The number of benzene rings is 1. The largest absolute Gasteiger partial charge is 0.306 e. The van der Waals surface area contributed by atoms with Crippen LogP contribution in [0.2, 0.25) is 0 Å². The zero-order chi connectivity index (χ0) is 13.4. The van der Waals surface area contributed by atoms with Crippen molar-refractivity contribution in [3.63, 3.8) is 0 Å². The van der Waals surface area contributed by atoms with E-state index in [9.17, 15) is 0 Å². The van der Waals surface area contributed by atoms with Crippen LogP contribution in [-0.4, -0.2) is 20.6 Å². The van der Waals surface area contributed by atoms with E-state index in [4.69, 9.17) is 0 Å². The van der Waals surface area contributed by atoms with Crippen LogP contribution in [0.15, 0.2) is 48.7 Å². The van der Waals surface area contributed by atoms with E-state index in [1.54, 1.807) is 0 Å². The van der Waals surface area contributed by atoms with Crippen LogP contribution < -0.4 is 5.32 Å². The Morgan fingerprint density at radius 1 is 1.00 bits per heavy atom. The summed E-state index contributed by atoms with van der Waals surface area (Å²) in [6, 6.07) is 15.2. The number of hydrogen-bond donors (Lipinski definition) is 1. The van der Waals surface area contributed by atoms with Crippen LogP contribution >= 0.6 is 0 Å². The third-order valence-corrected chi connectivity index (χ3v) is 3.98. The maximum absolute atomic E-state index is 4.26. The molecule has 20 heavy (non-hydrogen) atoms. The molecule has 0 unspecified atom stereocenters. The fourth-order valence-electron chi connectivity index (χ4n) is 2.95. The fourth-order valence-corrected chi connectivity index (χ4v) is 2.95. The lowest BCUT2D eigenvalue weighted by Gasteiger charge is -2.10. The first-order valence-electron chi connectivity index (χ1n) is 6.99. The fraction of sp³-hybridized carbons (Fsp3) is 0.250. The van der Waals surface area contributed by atoms with Gasteiger partial charge >= 0.3 is 0 Å². The molecule has 0 atom stereocenters. The van der Waals surface area contributed by atoms with E-state index in [1.807, 2.05) is 28.8 Å². The van der Waals surface area contributed by atoms with Crippen LogP contribution in [0.25, 0.3) is 5.65 Å². The van der Waals surface area contributed by atoms with Gasteiger partial charge in [0.2, 0.25) is 0 Å². The molecule has 1 aromatic carbocycles. The number of rotatable bonds is 3. The lowest BCUT2D eigenvalue weighted by molar-refractivity contribution is 0.519. The molecule has 4 heteroatoms. The van der Waals surface area contributed by atoms with E-state index >= 15 is 0 Å². The van der Waals surface area contributed by atoms with Gasteiger partial charge in [0.25, 0.3) is 0 Å². The van der Waals surface area contributed by atoms with Crippen LogP contribution in [-0.2, 0) is 19.4 Å². The van der Waals surface area contributed by atoms with Crippen LogP contribution in [0.4, 0.5) is 0 Å². The van der Waals surface area contributed by atoms with E-state index in [0.29, 0.717) is 6.04 Å². The van der Waals surface area contributed by atoms with E-state index < -0.39 is 0 Å². The molecule has 4 rings (SSSR count). The summed E-state index contributed by atoms with van der Waals surface area (Å²) in [4.78, 5) is 0. The van der Waals surface area contributed by atoms with Crippen molar-refractivity contribution in [1.29, 1.82) is 0 Å². The Bertz CT molecular complexity index is 722. The normalized spacial score (nSPS) is 14.8. The summed E-state index contributed by atoms with van der Waals surface area (Å²) < 4.78 is 2.04. The highest BCUT2D eigenvalue weighted by Gasteiger charge is 2.20. The quantitative estimate of drug-likeness (QED) is 0.786. The van der Waals surface area contributed by atoms with Gasteiger partial charge in [-0.2, -0.15) is 0 Å². The molecule has 0 amide bonds. The van der Waals surface area contributed by atoms with Crippen molar-refractivity contribution in [2.45, 2.75) is 25.4 Å². The molecule has 4 nitrogen and oxygen atoms in total. The molecule has 1 aliphatic rings. The van der Waals surface area contributed by atoms with Gasteiger partial charge in [0.05, 0.1) is 6.54 Å². The first-order chi connectivity index (χ1) is 9.90. The van der Waals surface area contributed by atoms with Crippen molar-refractivity contribution in [3.05, 3.63) is 65.6 Å². The zero-order valence-electron chi connectivity index (χ0n) is 11.2. The predicted octanol–water partition coefficient (Wildman–Crippen LogP) is 1.99. The summed E-state index contributed by atoms with van der Waals surface area (Å²) in [6.45, 7) is 0.754. The second-order valence-electron chi connectivity index (χ2n) is 5.30. The van der Waals surface area contributed by atoms with Gasteiger partial charge in [-0.25, -0.2) is 0 Å². The molecule has 100 valence electrons. The number of nitrogens with zero attached hydrogens (tertiary/aromatic N) is 3. The molecule has 0 saturated heterocycles. The second-order valence-corrected chi connectivity index (χ2v) is 5.30. The van der Waals surface area contributed by atoms with Crippen molar-refractivity contribution < 1.29 is 0 Å². The smallest absolute Gasteiger partial charge is 0.160 e. The zero-order valence-corrected chi connectivity index (χ0v) is 11.2. The maximum atomic E-state index is 4.26. The number of fused-ring (bicyclic) bond motifs is 2. The molecule has 0 bridgehead atoms. The van der Waals surface area contributed by atoms with E-state index in [0.717, 1.165) is 30.9 Å². The summed E-state index contributed by atoms with van der Waals surface area (Å²) >= 11 is 0. The molecule has 0 saturated carbocycles. The van der Waals surface area contributed by atoms with Crippen molar-refractivity contribution in [2.24, 2.45) is 0 Å². The van der Waals surface area contributed by atoms with Crippen molar-refractivity contribution in [2.75, 3.05) is 0 Å². The van der Waals surface area contributed by atoms with Gasteiger partial charge in [-0.1, -0.05) is 30.3 Å². The molecule has 2 heterocycles. The predicted molar refractivity (Wildman–Crippen MR) is 77.5 cm³/mol. The Labute approximate surface area is 117 Å². The molecule has 1 N–H and O–H groups in total. The average molecular weight is 264 g/mol. The lowest BCUT2D eigenvalue weighted by atomic mass is 10.1. The lowest BCUT2D eigenvalue weighted by Crippen LogP contribution is -2.29. The Kier molecular flexibility index (Phi) is 2.74. The molecule has 3 aromatic rings. The van der Waals surface area contributed by atoms with E-state index in [1.165, 1.54) is 11.1 Å². The average Bonchev–Trinajstić information content (AvgIpc) is 3.08. The molecule has 0 fully saturated rings. The number of nitrogens with one attached hydrogen (secondary N) is 1. The molecular weight excluding hydrogens is 248 g/mol. The third kappa shape index (κ3) is 1.98. The van der Waals surface area contributed by atoms with Gasteiger partial charge in [0.15, 0.2) is 11.5 Å². The van der Waals surface area contributed by atoms with Crippen LogP contribution in [0, 0.1) is 0 Å². The highest BCUT2D eigenvalue weighted by atomic mass is 15.3. The first kappa shape index (κ1) is 11.6. The summed E-state index contributed by atoms with van der Waals surface area (Å²) in [7, 11) is 0. The second kappa shape index (κ2) is 4.72. The molecular formula is C16H16N4. The van der Waals surface area contributed by atoms with Crippen LogP contribution in [0.3, 0.4) is 0 Å². The van der Waals surface area contributed by atoms with E-state index in [2.05, 4.69) is 39.8 Å². The standard InChI is InChI=1S/C16H16N4/c1-2-6-13-10-14(9-12(13)5-1)17-11-16-19-18-15-7-3-4-8-20(15)16/h1-8,14,17H,9-11H2. The van der Waals surface area contributed by atoms with Gasteiger partial charge in [-0.3, -0.25) is 4.40 Å². The number of pyridine rings is 1. The molecule has 0 radical (unpaired) electrons. The Hall–Kier alpha value is -2.20. The highest BCUT2D eigenvalue weighted by molar-refractivity contribution is 5.37. The molecule has 1 aliphatic carbocycles. The van der Waals surface area contributed by atoms with Crippen molar-refractivity contribution in [1.82, 2.24) is 19.9 Å². The van der Waals surface area contributed by atoms with Gasteiger partial charge in [-0.15, -0.1) is 10.2 Å². The summed E-state index contributed by atoms with van der Waals surface area (Å²) in [5.74, 6) is 0.969. The number of hydrogen-bond acceptors (Lipinski definition) is 3. The Morgan fingerprint density at radius 2 is 1.75 bits per heavy atom. The van der Waals surface area contributed by atoms with Crippen molar-refractivity contribution >= 4 is 5.65 Å². The SMILES string of the molecule is c1ccc2c(c1)CC(NCc1nnc3ccccn13)C2. The van der Waals surface area contributed by atoms with E-state index in [-0.39, 0.29) is 0 Å². The monoisotopic (exact) mass is 264 g/mol. The van der Waals surface area contributed by atoms with Gasteiger partial charge < -0.3 is 5.32 Å². The van der Waals surface area contributed by atoms with Crippen LogP contribution in [0.1, 0.15) is 17.0 Å². The molecule has 0 aliphatic heterocycles. The first-order valence-corrected chi connectivity index (χ1v) is 6.99. The van der Waals surface area contributed by atoms with Crippen molar-refractivity contribution in [3.8, 4) is 0 Å². The summed E-state index contributed by atoms with van der Waals surface area (Å²) in [5.41, 5.74) is 3.84. The Balaban J connectivity index is 1.47. The van der Waals surface area contributed by atoms with Gasteiger partial charge in [0.1, 0.15) is 0 Å². The number of aromatic nitrogens is 3. The maximum Gasteiger partial charge on any atom is 0.160 e. The summed E-state index contributed by atoms with van der Waals surface area (Å²) in [6.07, 6.45) is 4.22. The Morgan fingerprint density at radius 3 is 2.55 bits per heavy atom. The van der Waals surface area contributed by atoms with Crippen LogP contribution in [0.5, 0.6) is 0 Å². The molecule has 2 aromatic heterocycles.